The van der Waals surface area contributed by atoms with Gasteiger partial charge >= 0.3 is 0 Å². The third-order valence-corrected chi connectivity index (χ3v) is 4.62. The second-order valence-electron chi connectivity index (χ2n) is 5.07. The topological polar surface area (TPSA) is 15.8 Å². The molecule has 0 saturated heterocycles. The zero-order chi connectivity index (χ0) is 12.0. The first-order chi connectivity index (χ1) is 8.16. The molecule has 1 aliphatic rings. The Hall–Kier alpha value is -0.830. The van der Waals surface area contributed by atoms with E-state index < -0.39 is 0 Å². The number of hydrogen-bond donors (Lipinski definition) is 1. The van der Waals surface area contributed by atoms with Crippen LogP contribution in [0.4, 0.5) is 4.39 Å². The fourth-order valence-electron chi connectivity index (χ4n) is 3.09. The van der Waals surface area contributed by atoms with Crippen LogP contribution in [0.25, 0.3) is 10.9 Å². The van der Waals surface area contributed by atoms with E-state index >= 15 is 0 Å². The molecule has 3 rings (SSSR count). The van der Waals surface area contributed by atoms with Gasteiger partial charge < -0.3 is 4.98 Å². The lowest BCUT2D eigenvalue weighted by Crippen LogP contribution is -2.00. The van der Waals surface area contributed by atoms with E-state index in [-0.39, 0.29) is 5.82 Å². The van der Waals surface area contributed by atoms with Crippen molar-refractivity contribution in [2.75, 3.05) is 0 Å². The van der Waals surface area contributed by atoms with Crippen LogP contribution in [0.15, 0.2) is 22.8 Å². The van der Waals surface area contributed by atoms with Crippen molar-refractivity contribution < 1.29 is 4.39 Å². The molecule has 1 aromatic carbocycles. The van der Waals surface area contributed by atoms with Crippen LogP contribution in [-0.4, -0.2) is 4.98 Å². The van der Waals surface area contributed by atoms with E-state index in [0.29, 0.717) is 11.8 Å². The molecule has 2 atom stereocenters. The Balaban J connectivity index is 2.17. The van der Waals surface area contributed by atoms with Crippen LogP contribution in [0.3, 0.4) is 0 Å². The molecule has 90 valence electrons. The van der Waals surface area contributed by atoms with Gasteiger partial charge in [-0.1, -0.05) is 19.8 Å². The molecule has 3 heteroatoms. The number of aromatic nitrogens is 1. The monoisotopic (exact) mass is 295 g/mol. The third-order valence-electron chi connectivity index (χ3n) is 4.00. The molecule has 0 aliphatic heterocycles. The minimum atomic E-state index is -0.170. The van der Waals surface area contributed by atoms with E-state index in [0.717, 1.165) is 15.4 Å². The van der Waals surface area contributed by atoms with Crippen molar-refractivity contribution in [3.63, 3.8) is 0 Å². The number of fused-ring (bicyclic) bond motifs is 1. The second kappa shape index (κ2) is 4.13. The summed E-state index contributed by atoms with van der Waals surface area (Å²) in [6, 6.07) is 3.16. The van der Waals surface area contributed by atoms with Crippen LogP contribution in [0.2, 0.25) is 0 Å². The Labute approximate surface area is 109 Å². The molecule has 0 bridgehead atoms. The molecule has 2 unspecified atom stereocenters. The SMILES string of the molecule is CC1CCCC1c1c[nH]c2c(Br)cc(F)cc12. The van der Waals surface area contributed by atoms with Crippen LogP contribution < -0.4 is 0 Å². The first kappa shape index (κ1) is 11.3. The maximum Gasteiger partial charge on any atom is 0.125 e. The van der Waals surface area contributed by atoms with Crippen molar-refractivity contribution in [1.82, 2.24) is 4.98 Å². The second-order valence-corrected chi connectivity index (χ2v) is 5.92. The fourth-order valence-corrected chi connectivity index (χ4v) is 3.64. The number of hydrogen-bond acceptors (Lipinski definition) is 0. The van der Waals surface area contributed by atoms with Gasteiger partial charge in [-0.3, -0.25) is 0 Å². The van der Waals surface area contributed by atoms with Gasteiger partial charge in [0.1, 0.15) is 5.82 Å². The summed E-state index contributed by atoms with van der Waals surface area (Å²) in [5, 5.41) is 1.04. The van der Waals surface area contributed by atoms with Crippen LogP contribution in [0.5, 0.6) is 0 Å². The Morgan fingerprint density at radius 2 is 2.18 bits per heavy atom. The zero-order valence-corrected chi connectivity index (χ0v) is 11.3. The van der Waals surface area contributed by atoms with Gasteiger partial charge in [0, 0.05) is 16.1 Å². The summed E-state index contributed by atoms with van der Waals surface area (Å²) in [5.74, 6) is 1.12. The number of nitrogens with one attached hydrogen (secondary N) is 1. The molecule has 0 amide bonds. The standard InChI is InChI=1S/C14H15BrFN/c1-8-3-2-4-10(8)12-7-17-14-11(12)5-9(16)6-13(14)15/h5-8,10,17H,2-4H2,1H3. The van der Waals surface area contributed by atoms with E-state index in [2.05, 4.69) is 34.0 Å². The van der Waals surface area contributed by atoms with E-state index in [1.807, 2.05) is 0 Å². The summed E-state index contributed by atoms with van der Waals surface area (Å²) in [7, 11) is 0. The van der Waals surface area contributed by atoms with Crippen molar-refractivity contribution in [3.05, 3.63) is 34.2 Å². The van der Waals surface area contributed by atoms with E-state index in [1.165, 1.54) is 30.9 Å². The summed E-state index contributed by atoms with van der Waals surface area (Å²) < 4.78 is 14.3. The van der Waals surface area contributed by atoms with Gasteiger partial charge in [-0.15, -0.1) is 0 Å². The van der Waals surface area contributed by atoms with Gasteiger partial charge in [0.2, 0.25) is 0 Å². The summed E-state index contributed by atoms with van der Waals surface area (Å²) >= 11 is 3.41. The highest BCUT2D eigenvalue weighted by atomic mass is 79.9. The molecule has 0 spiro atoms. The number of aromatic amines is 1. The van der Waals surface area contributed by atoms with Crippen molar-refractivity contribution in [2.24, 2.45) is 5.92 Å². The highest BCUT2D eigenvalue weighted by Gasteiger charge is 2.27. The third kappa shape index (κ3) is 1.81. The van der Waals surface area contributed by atoms with Gasteiger partial charge in [-0.25, -0.2) is 4.39 Å². The molecule has 1 aliphatic carbocycles. The molecule has 1 heterocycles. The summed E-state index contributed by atoms with van der Waals surface area (Å²) in [4.78, 5) is 3.27. The summed E-state index contributed by atoms with van der Waals surface area (Å²) in [6.45, 7) is 2.30. The fraction of sp³-hybridized carbons (Fsp3) is 0.429. The summed E-state index contributed by atoms with van der Waals surface area (Å²) in [5.41, 5.74) is 2.30. The molecular formula is C14H15BrFN. The van der Waals surface area contributed by atoms with Gasteiger partial charge in [-0.2, -0.15) is 0 Å². The molecule has 0 radical (unpaired) electrons. The quantitative estimate of drug-likeness (QED) is 0.764. The molecule has 1 N–H and O–H groups in total. The highest BCUT2D eigenvalue weighted by molar-refractivity contribution is 9.10. The smallest absolute Gasteiger partial charge is 0.125 e. The summed E-state index contributed by atoms with van der Waals surface area (Å²) in [6.07, 6.45) is 5.85. The molecule has 1 nitrogen and oxygen atoms in total. The Bertz CT molecular complexity index is 561. The van der Waals surface area contributed by atoms with Crippen LogP contribution in [0.1, 0.15) is 37.7 Å². The van der Waals surface area contributed by atoms with E-state index in [9.17, 15) is 4.39 Å². The lowest BCUT2D eigenvalue weighted by atomic mass is 9.90. The number of benzene rings is 1. The lowest BCUT2D eigenvalue weighted by molar-refractivity contribution is 0.536. The van der Waals surface area contributed by atoms with Gasteiger partial charge in [-0.05, 0) is 51.9 Å². The average Bonchev–Trinajstić information content (AvgIpc) is 2.84. The van der Waals surface area contributed by atoms with Gasteiger partial charge in [0.25, 0.3) is 0 Å². The first-order valence-corrected chi connectivity index (χ1v) is 6.92. The number of rotatable bonds is 1. The predicted octanol–water partition coefficient (Wildman–Crippen LogP) is 4.97. The molecule has 1 aromatic heterocycles. The molecule has 17 heavy (non-hydrogen) atoms. The minimum absolute atomic E-state index is 0.170. The lowest BCUT2D eigenvalue weighted by Gasteiger charge is -2.14. The number of H-pyrrole nitrogens is 1. The Morgan fingerprint density at radius 1 is 1.35 bits per heavy atom. The predicted molar refractivity (Wildman–Crippen MR) is 71.7 cm³/mol. The Morgan fingerprint density at radius 3 is 2.88 bits per heavy atom. The molecule has 1 saturated carbocycles. The van der Waals surface area contributed by atoms with E-state index in [4.69, 9.17) is 0 Å². The van der Waals surface area contributed by atoms with Gasteiger partial charge in [0.05, 0.1) is 5.52 Å². The van der Waals surface area contributed by atoms with Crippen molar-refractivity contribution in [3.8, 4) is 0 Å². The molecule has 1 fully saturated rings. The Kier molecular flexibility index (Phi) is 2.74. The highest BCUT2D eigenvalue weighted by Crippen LogP contribution is 2.42. The average molecular weight is 296 g/mol. The molecular weight excluding hydrogens is 281 g/mol. The number of halogens is 2. The maximum absolute atomic E-state index is 13.5. The normalized spacial score (nSPS) is 24.6. The van der Waals surface area contributed by atoms with Crippen LogP contribution in [0, 0.1) is 11.7 Å². The minimum Gasteiger partial charge on any atom is -0.360 e. The molecule has 2 aromatic rings. The van der Waals surface area contributed by atoms with E-state index in [1.54, 1.807) is 6.07 Å². The van der Waals surface area contributed by atoms with Crippen LogP contribution >= 0.6 is 15.9 Å². The van der Waals surface area contributed by atoms with Crippen molar-refractivity contribution in [2.45, 2.75) is 32.1 Å². The maximum atomic E-state index is 13.5. The van der Waals surface area contributed by atoms with Crippen LogP contribution in [-0.2, 0) is 0 Å². The van der Waals surface area contributed by atoms with Gasteiger partial charge in [0.15, 0.2) is 0 Å². The van der Waals surface area contributed by atoms with Crippen molar-refractivity contribution >= 4 is 26.8 Å². The largest absolute Gasteiger partial charge is 0.360 e. The zero-order valence-electron chi connectivity index (χ0n) is 9.76. The van der Waals surface area contributed by atoms with Crippen molar-refractivity contribution in [1.29, 1.82) is 0 Å². The first-order valence-electron chi connectivity index (χ1n) is 6.13.